The van der Waals surface area contributed by atoms with Crippen molar-refractivity contribution in [2.75, 3.05) is 64.0 Å². The Morgan fingerprint density at radius 2 is 1.77 bits per heavy atom. The lowest BCUT2D eigenvalue weighted by Gasteiger charge is -2.37. The van der Waals surface area contributed by atoms with Crippen LogP contribution in [0.15, 0.2) is 41.8 Å². The Morgan fingerprint density at radius 1 is 1.11 bits per heavy atom. The van der Waals surface area contributed by atoms with Gasteiger partial charge >= 0.3 is 6.18 Å². The van der Waals surface area contributed by atoms with E-state index < -0.39 is 50.8 Å². The summed E-state index contributed by atoms with van der Waals surface area (Å²) in [4.78, 5) is 55.2. The average Bonchev–Trinajstić information content (AvgIpc) is 3.06. The van der Waals surface area contributed by atoms with Gasteiger partial charge in [0.25, 0.3) is 11.5 Å². The molecule has 0 spiro atoms. The third-order valence-corrected chi connectivity index (χ3v) is 9.46. The largest absolute Gasteiger partial charge is 0.418 e. The van der Waals surface area contributed by atoms with Crippen LogP contribution in [0.3, 0.4) is 0 Å². The number of hydrogen-bond donors (Lipinski definition) is 2. The van der Waals surface area contributed by atoms with E-state index in [4.69, 9.17) is 17.3 Å². The third kappa shape index (κ3) is 7.45. The maximum Gasteiger partial charge on any atom is 0.418 e. The molecule has 1 saturated heterocycles. The van der Waals surface area contributed by atoms with Crippen molar-refractivity contribution in [3.05, 3.63) is 86.2 Å². The maximum atomic E-state index is 17.7. The van der Waals surface area contributed by atoms with Crippen LogP contribution in [0.5, 0.6) is 0 Å². The van der Waals surface area contributed by atoms with Gasteiger partial charge in [-0.05, 0) is 69.3 Å². The number of rotatable bonds is 9. The molecule has 4 heterocycles. The zero-order chi connectivity index (χ0) is 39.1. The number of pyridine rings is 3. The number of alkyl halides is 3. The molecule has 1 aliphatic rings. The monoisotopic (exact) mass is 756 g/mol. The summed E-state index contributed by atoms with van der Waals surface area (Å²) in [6, 6.07) is 3.89. The number of carbonyl (C=O) groups excluding carboxylic acids is 2. The predicted octanol–water partition coefficient (Wildman–Crippen LogP) is 5.71. The van der Waals surface area contributed by atoms with E-state index in [0.717, 1.165) is 10.6 Å². The summed E-state index contributed by atoms with van der Waals surface area (Å²) in [5.41, 5.74) is 2.11. The lowest BCUT2D eigenvalue weighted by molar-refractivity contribution is -0.137. The number of nitrogens with one attached hydrogen (secondary N) is 1. The number of aryl methyl sites for hydroxylation is 2. The highest BCUT2D eigenvalue weighted by atomic mass is 35.5. The van der Waals surface area contributed by atoms with Crippen LogP contribution < -0.4 is 21.5 Å². The summed E-state index contributed by atoms with van der Waals surface area (Å²) in [7, 11) is 3.62. The molecule has 1 fully saturated rings. The molecule has 0 aliphatic carbocycles. The van der Waals surface area contributed by atoms with Crippen LogP contribution in [-0.2, 0) is 11.0 Å². The van der Waals surface area contributed by atoms with E-state index in [1.165, 1.54) is 30.2 Å². The second-order valence-electron chi connectivity index (χ2n) is 13.5. The number of halogens is 5. The number of carbonyl (C=O) groups is 2. The SMILES string of the molecule is C=CC(=O)N1CCN(c2c(C(=O)NCCN(C)C)c(=O)n(-c3c(C)ccnc3C(C)C)c3c(F)c(-c4nc(N)cc(C)c4C(F)(F)F)c(Cl)cc23)CC1. The topological polar surface area (TPSA) is 130 Å². The normalized spacial score (nSPS) is 13.7. The van der Waals surface area contributed by atoms with E-state index in [1.54, 1.807) is 17.9 Å². The molecule has 4 aromatic rings. The molecule has 3 N–H and O–H groups in total. The van der Waals surface area contributed by atoms with Crippen molar-refractivity contribution >= 4 is 45.8 Å². The number of fused-ring (bicyclic) bond motifs is 1. The van der Waals surface area contributed by atoms with Crippen LogP contribution in [0.1, 0.15) is 52.5 Å². The van der Waals surface area contributed by atoms with Crippen LogP contribution in [-0.4, -0.2) is 89.5 Å². The van der Waals surface area contributed by atoms with Gasteiger partial charge in [0.05, 0.1) is 44.4 Å². The Bertz CT molecular complexity index is 2180. The minimum Gasteiger partial charge on any atom is -0.384 e. The zero-order valence-electron chi connectivity index (χ0n) is 30.3. The van der Waals surface area contributed by atoms with Gasteiger partial charge in [-0.3, -0.25) is 23.9 Å². The van der Waals surface area contributed by atoms with E-state index in [9.17, 15) is 22.8 Å². The Hall–Kier alpha value is -5.02. The second-order valence-corrected chi connectivity index (χ2v) is 13.9. The molecular weight excluding hydrogens is 716 g/mol. The molecule has 0 saturated carbocycles. The highest BCUT2D eigenvalue weighted by molar-refractivity contribution is 6.34. The number of nitrogens with zero attached hydrogens (tertiary/aromatic N) is 6. The molecule has 0 atom stereocenters. The maximum absolute atomic E-state index is 17.7. The molecule has 0 radical (unpaired) electrons. The van der Waals surface area contributed by atoms with Gasteiger partial charge < -0.3 is 25.8 Å². The first-order valence-corrected chi connectivity index (χ1v) is 17.3. The zero-order valence-corrected chi connectivity index (χ0v) is 31.0. The molecule has 1 aliphatic heterocycles. The number of likely N-dealkylation sites (N-methyl/N-ethyl adjacent to an activating group) is 1. The Balaban J connectivity index is 1.99. The van der Waals surface area contributed by atoms with Crippen molar-refractivity contribution in [2.24, 2.45) is 0 Å². The fourth-order valence-electron chi connectivity index (χ4n) is 6.70. The second kappa shape index (κ2) is 15.1. The van der Waals surface area contributed by atoms with Crippen LogP contribution in [0.25, 0.3) is 27.8 Å². The van der Waals surface area contributed by atoms with E-state index in [1.807, 2.05) is 32.8 Å². The molecule has 5 rings (SSSR count). The number of aromatic nitrogens is 3. The van der Waals surface area contributed by atoms with Crippen molar-refractivity contribution < 1.29 is 27.2 Å². The highest BCUT2D eigenvalue weighted by Gasteiger charge is 2.39. The van der Waals surface area contributed by atoms with Gasteiger partial charge in [-0.1, -0.05) is 32.0 Å². The summed E-state index contributed by atoms with van der Waals surface area (Å²) in [6.07, 6.45) is -2.28. The number of hydrogen-bond acceptors (Lipinski definition) is 8. The van der Waals surface area contributed by atoms with E-state index in [-0.39, 0.29) is 78.3 Å². The minimum atomic E-state index is -4.99. The molecule has 11 nitrogen and oxygen atoms in total. The molecular formula is C37H41ClF4N8O3. The van der Waals surface area contributed by atoms with Gasteiger partial charge in [-0.25, -0.2) is 9.37 Å². The standard InChI is InChI=1S/C37H41ClF4N8O3/c1-8-25(51)48-13-15-49(16-14-48)33-22-18-23(38)26(31-28(37(40,41)42)21(5)17-24(43)46-31)29(39)34(22)50(32-20(4)9-10-44-30(32)19(2)3)36(53)27(33)35(52)45-11-12-47(6)7/h8-10,17-19H,1,11-16H2,2-7H3,(H2,43,46)(H,45,52). The van der Waals surface area contributed by atoms with Crippen molar-refractivity contribution in [3.8, 4) is 16.9 Å². The Morgan fingerprint density at radius 3 is 2.36 bits per heavy atom. The summed E-state index contributed by atoms with van der Waals surface area (Å²) in [5.74, 6) is -2.98. The smallest absolute Gasteiger partial charge is 0.384 e. The predicted molar refractivity (Wildman–Crippen MR) is 198 cm³/mol. The van der Waals surface area contributed by atoms with Gasteiger partial charge in [-0.15, -0.1) is 0 Å². The van der Waals surface area contributed by atoms with Crippen LogP contribution in [0.2, 0.25) is 5.02 Å². The van der Waals surface area contributed by atoms with Crippen molar-refractivity contribution in [3.63, 3.8) is 0 Å². The fraction of sp³-hybridized carbons (Fsp3) is 0.378. The number of anilines is 2. The molecule has 0 bridgehead atoms. The number of amides is 2. The lowest BCUT2D eigenvalue weighted by atomic mass is 9.96. The molecule has 0 unspecified atom stereocenters. The first kappa shape index (κ1) is 39.2. The number of benzene rings is 1. The van der Waals surface area contributed by atoms with Crippen molar-refractivity contribution in [1.29, 1.82) is 0 Å². The number of piperazine rings is 1. The average molecular weight is 757 g/mol. The first-order valence-electron chi connectivity index (χ1n) is 16.9. The van der Waals surface area contributed by atoms with E-state index >= 15 is 9.18 Å². The van der Waals surface area contributed by atoms with Crippen LogP contribution in [0, 0.1) is 19.7 Å². The first-order chi connectivity index (χ1) is 24.9. The molecule has 2 amide bonds. The fourth-order valence-corrected chi connectivity index (χ4v) is 6.98. The molecule has 53 heavy (non-hydrogen) atoms. The highest BCUT2D eigenvalue weighted by Crippen LogP contribution is 2.46. The lowest BCUT2D eigenvalue weighted by Crippen LogP contribution is -2.49. The van der Waals surface area contributed by atoms with Gasteiger partial charge in [0, 0.05) is 50.9 Å². The molecule has 3 aromatic heterocycles. The quantitative estimate of drug-likeness (QED) is 0.164. The molecule has 1 aromatic carbocycles. The summed E-state index contributed by atoms with van der Waals surface area (Å²) >= 11 is 6.79. The Labute approximate surface area is 309 Å². The van der Waals surface area contributed by atoms with Crippen LogP contribution >= 0.6 is 11.6 Å². The van der Waals surface area contributed by atoms with Crippen molar-refractivity contribution in [2.45, 2.75) is 39.8 Å². The van der Waals surface area contributed by atoms with E-state index in [0.29, 0.717) is 17.8 Å². The van der Waals surface area contributed by atoms with E-state index in [2.05, 4.69) is 21.9 Å². The Kier molecular flexibility index (Phi) is 11.2. The van der Waals surface area contributed by atoms with Gasteiger partial charge in [0.1, 0.15) is 11.4 Å². The van der Waals surface area contributed by atoms with Crippen LogP contribution in [0.4, 0.5) is 29.1 Å². The van der Waals surface area contributed by atoms with Gasteiger partial charge in [-0.2, -0.15) is 13.2 Å². The van der Waals surface area contributed by atoms with Gasteiger partial charge in [0.15, 0.2) is 5.82 Å². The molecule has 16 heteroatoms. The summed E-state index contributed by atoms with van der Waals surface area (Å²) in [5, 5.41) is 2.31. The third-order valence-electron chi connectivity index (χ3n) is 9.16. The minimum absolute atomic E-state index is 0.0158. The van der Waals surface area contributed by atoms with Crippen molar-refractivity contribution in [1.82, 2.24) is 29.7 Å². The number of nitrogen functional groups attached to an aromatic ring is 1. The summed E-state index contributed by atoms with van der Waals surface area (Å²) < 4.78 is 62.6. The number of nitrogens with two attached hydrogens (primary N) is 1. The summed E-state index contributed by atoms with van der Waals surface area (Å²) in [6.45, 7) is 11.2. The van der Waals surface area contributed by atoms with Gasteiger partial charge in [0.2, 0.25) is 5.91 Å². The molecule has 282 valence electrons.